The minimum atomic E-state index is -0.592. The molecule has 1 N–H and O–H groups in total. The van der Waals surface area contributed by atoms with E-state index in [1.54, 1.807) is 6.07 Å². The minimum Gasteiger partial charge on any atom is -0.491 e. The summed E-state index contributed by atoms with van der Waals surface area (Å²) in [6, 6.07) is 5.59. The van der Waals surface area contributed by atoms with E-state index >= 15 is 0 Å². The van der Waals surface area contributed by atoms with E-state index in [9.17, 15) is 9.90 Å². The van der Waals surface area contributed by atoms with Crippen LogP contribution >= 0.6 is 0 Å². The molecule has 6 nitrogen and oxygen atoms in total. The molecular weight excluding hydrogens is 346 g/mol. The van der Waals surface area contributed by atoms with E-state index in [1.807, 2.05) is 26.0 Å². The number of hydrogen-bond acceptors (Lipinski definition) is 6. The Bertz CT molecular complexity index is 867. The third-order valence-electron chi connectivity index (χ3n) is 5.35. The van der Waals surface area contributed by atoms with Crippen molar-refractivity contribution in [2.24, 2.45) is 0 Å². The first-order chi connectivity index (χ1) is 13.0. The number of aliphatic hydroxyl groups excluding tert-OH is 1. The van der Waals surface area contributed by atoms with Gasteiger partial charge in [-0.1, -0.05) is 0 Å². The number of morpholine rings is 1. The lowest BCUT2D eigenvalue weighted by Gasteiger charge is -2.36. The van der Waals surface area contributed by atoms with Gasteiger partial charge in [-0.15, -0.1) is 0 Å². The van der Waals surface area contributed by atoms with E-state index in [2.05, 4.69) is 4.90 Å². The molecule has 0 bridgehead atoms. The van der Waals surface area contributed by atoms with Crippen LogP contribution in [0, 0.1) is 0 Å². The molecule has 0 unspecified atom stereocenters. The molecule has 0 saturated carbocycles. The van der Waals surface area contributed by atoms with Crippen molar-refractivity contribution in [1.82, 2.24) is 4.90 Å². The fourth-order valence-corrected chi connectivity index (χ4v) is 4.33. The van der Waals surface area contributed by atoms with Gasteiger partial charge in [-0.3, -0.25) is 4.90 Å². The summed E-state index contributed by atoms with van der Waals surface area (Å²) in [4.78, 5) is 14.3. The molecule has 1 aromatic carbocycles. The summed E-state index contributed by atoms with van der Waals surface area (Å²) in [5, 5.41) is 11.3. The Morgan fingerprint density at radius 2 is 1.96 bits per heavy atom. The van der Waals surface area contributed by atoms with Crippen molar-refractivity contribution in [2.75, 3.05) is 26.2 Å². The van der Waals surface area contributed by atoms with Crippen LogP contribution in [0.4, 0.5) is 0 Å². The van der Waals surface area contributed by atoms with Crippen LogP contribution in [0.25, 0.3) is 11.0 Å². The number of ether oxygens (including phenoxy) is 2. The van der Waals surface area contributed by atoms with Crippen LogP contribution in [0.3, 0.4) is 0 Å². The Hall–Kier alpha value is -1.89. The first-order valence-corrected chi connectivity index (χ1v) is 9.77. The molecule has 2 aromatic rings. The van der Waals surface area contributed by atoms with Gasteiger partial charge in [0, 0.05) is 36.7 Å². The summed E-state index contributed by atoms with van der Waals surface area (Å²) in [5.41, 5.74) is 2.26. The van der Waals surface area contributed by atoms with Crippen LogP contribution in [0.1, 0.15) is 31.4 Å². The van der Waals surface area contributed by atoms with E-state index in [0.29, 0.717) is 17.9 Å². The maximum Gasteiger partial charge on any atom is 0.339 e. The van der Waals surface area contributed by atoms with Crippen molar-refractivity contribution in [3.63, 3.8) is 0 Å². The van der Waals surface area contributed by atoms with E-state index in [4.69, 9.17) is 13.9 Å². The average molecular weight is 373 g/mol. The molecule has 2 heterocycles. The maximum atomic E-state index is 12.1. The summed E-state index contributed by atoms with van der Waals surface area (Å²) in [6.07, 6.45) is 2.48. The van der Waals surface area contributed by atoms with Gasteiger partial charge < -0.3 is 19.0 Å². The molecule has 4 rings (SSSR count). The predicted molar refractivity (Wildman–Crippen MR) is 102 cm³/mol. The molecule has 0 amide bonds. The van der Waals surface area contributed by atoms with Gasteiger partial charge >= 0.3 is 5.63 Å². The van der Waals surface area contributed by atoms with E-state index < -0.39 is 6.10 Å². The van der Waals surface area contributed by atoms with Gasteiger partial charge in [0.25, 0.3) is 0 Å². The smallest absolute Gasteiger partial charge is 0.339 e. The van der Waals surface area contributed by atoms with Crippen molar-refractivity contribution < 1.29 is 19.0 Å². The van der Waals surface area contributed by atoms with Crippen molar-refractivity contribution in [1.29, 1.82) is 0 Å². The Morgan fingerprint density at radius 1 is 1.22 bits per heavy atom. The van der Waals surface area contributed by atoms with E-state index in [-0.39, 0.29) is 24.4 Å². The predicted octanol–water partition coefficient (Wildman–Crippen LogP) is 2.13. The molecule has 1 fully saturated rings. The quantitative estimate of drug-likeness (QED) is 0.810. The molecular formula is C21H27NO5. The molecule has 146 valence electrons. The minimum absolute atomic E-state index is 0.173. The molecule has 0 radical (unpaired) electrons. The van der Waals surface area contributed by atoms with Gasteiger partial charge in [-0.25, -0.2) is 4.79 Å². The van der Waals surface area contributed by atoms with Gasteiger partial charge in [0.1, 0.15) is 24.0 Å². The number of nitrogens with zero attached hydrogens (tertiary/aromatic N) is 1. The van der Waals surface area contributed by atoms with Crippen LogP contribution in [-0.4, -0.2) is 54.6 Å². The maximum absolute atomic E-state index is 12.1. The molecule has 1 saturated heterocycles. The molecule has 6 heteroatoms. The zero-order valence-electron chi connectivity index (χ0n) is 15.9. The second kappa shape index (κ2) is 7.62. The SMILES string of the molecule is C[C@@H]1CN(C[C@@H](O)COc2ccc3c4c(c(=O)oc3c2)CCC4)C[C@@H](C)O1. The number of fused-ring (bicyclic) bond motifs is 3. The summed E-state index contributed by atoms with van der Waals surface area (Å²) >= 11 is 0. The second-order valence-electron chi connectivity index (χ2n) is 7.80. The summed E-state index contributed by atoms with van der Waals surface area (Å²) in [6.45, 7) is 6.46. The lowest BCUT2D eigenvalue weighted by Crippen LogP contribution is -2.48. The third-order valence-corrected chi connectivity index (χ3v) is 5.35. The van der Waals surface area contributed by atoms with Gasteiger partial charge in [-0.05, 0) is 50.8 Å². The Kier molecular flexibility index (Phi) is 5.21. The first kappa shape index (κ1) is 18.5. The molecule has 2 aliphatic rings. The van der Waals surface area contributed by atoms with Gasteiger partial charge in [0.2, 0.25) is 0 Å². The third kappa shape index (κ3) is 4.03. The number of aliphatic hydroxyl groups is 1. The number of benzene rings is 1. The van der Waals surface area contributed by atoms with Crippen molar-refractivity contribution in [3.8, 4) is 5.75 Å². The van der Waals surface area contributed by atoms with Crippen LogP contribution in [0.15, 0.2) is 27.4 Å². The summed E-state index contributed by atoms with van der Waals surface area (Å²) in [7, 11) is 0. The van der Waals surface area contributed by atoms with Crippen LogP contribution in [0.2, 0.25) is 0 Å². The number of aryl methyl sites for hydroxylation is 1. The van der Waals surface area contributed by atoms with Crippen LogP contribution in [0.5, 0.6) is 5.75 Å². The number of hydrogen-bond donors (Lipinski definition) is 1. The lowest BCUT2D eigenvalue weighted by molar-refractivity contribution is -0.0786. The fourth-order valence-electron chi connectivity index (χ4n) is 4.33. The van der Waals surface area contributed by atoms with E-state index in [0.717, 1.165) is 48.9 Å². The highest BCUT2D eigenvalue weighted by molar-refractivity contribution is 5.83. The highest BCUT2D eigenvalue weighted by Gasteiger charge is 2.24. The number of β-amino-alcohol motifs (C(OH)–C–C–N with tert-alkyl or cyclic N) is 1. The average Bonchev–Trinajstić information content (AvgIpc) is 3.09. The Morgan fingerprint density at radius 3 is 2.74 bits per heavy atom. The summed E-state index contributed by atoms with van der Waals surface area (Å²) in [5.74, 6) is 0.603. The molecule has 0 spiro atoms. The second-order valence-corrected chi connectivity index (χ2v) is 7.80. The molecule has 1 aliphatic heterocycles. The topological polar surface area (TPSA) is 72.1 Å². The Balaban J connectivity index is 1.40. The first-order valence-electron chi connectivity index (χ1n) is 9.77. The van der Waals surface area contributed by atoms with Crippen LogP contribution < -0.4 is 10.4 Å². The van der Waals surface area contributed by atoms with Gasteiger partial charge in [-0.2, -0.15) is 0 Å². The normalized spacial score (nSPS) is 24.1. The molecule has 1 aliphatic carbocycles. The monoisotopic (exact) mass is 373 g/mol. The van der Waals surface area contributed by atoms with Crippen LogP contribution in [-0.2, 0) is 17.6 Å². The lowest BCUT2D eigenvalue weighted by atomic mass is 10.1. The van der Waals surface area contributed by atoms with E-state index in [1.165, 1.54) is 0 Å². The molecule has 1 aromatic heterocycles. The Labute approximate surface area is 158 Å². The standard InChI is InChI=1S/C21H27NO5/c1-13-9-22(10-14(2)26-13)11-15(23)12-25-16-6-7-18-17-4-3-5-19(17)21(24)27-20(18)8-16/h6-8,13-15,23H,3-5,9-12H2,1-2H3/t13-,14-,15-/m1/s1. The molecule has 3 atom stereocenters. The largest absolute Gasteiger partial charge is 0.491 e. The summed E-state index contributed by atoms with van der Waals surface area (Å²) < 4.78 is 17.0. The van der Waals surface area contributed by atoms with Crippen molar-refractivity contribution in [3.05, 3.63) is 39.7 Å². The highest BCUT2D eigenvalue weighted by Crippen LogP contribution is 2.29. The van der Waals surface area contributed by atoms with Gasteiger partial charge in [0.15, 0.2) is 0 Å². The molecule has 27 heavy (non-hydrogen) atoms. The number of rotatable bonds is 5. The zero-order valence-corrected chi connectivity index (χ0v) is 15.9. The van der Waals surface area contributed by atoms with Crippen molar-refractivity contribution >= 4 is 11.0 Å². The van der Waals surface area contributed by atoms with Gasteiger partial charge in [0.05, 0.1) is 12.2 Å². The highest BCUT2D eigenvalue weighted by atomic mass is 16.5. The van der Waals surface area contributed by atoms with Crippen molar-refractivity contribution in [2.45, 2.75) is 51.4 Å². The zero-order chi connectivity index (χ0) is 19.0. The fraction of sp³-hybridized carbons (Fsp3) is 0.571.